The summed E-state index contributed by atoms with van der Waals surface area (Å²) in [6.45, 7) is 5.48. The third-order valence-electron chi connectivity index (χ3n) is 5.07. The van der Waals surface area contributed by atoms with E-state index < -0.39 is 48.2 Å². The molecule has 0 aromatic heterocycles. The molecule has 0 saturated carbocycles. The molecule has 2 aliphatic heterocycles. The summed E-state index contributed by atoms with van der Waals surface area (Å²) in [5, 5.41) is 10.5. The molecule has 1 aromatic carbocycles. The van der Waals surface area contributed by atoms with Crippen molar-refractivity contribution in [3.63, 3.8) is 0 Å². The number of alkyl halides is 3. The lowest BCUT2D eigenvalue weighted by atomic mass is 10.0. The molecule has 3 rings (SSSR count). The minimum absolute atomic E-state index is 0.0395. The van der Waals surface area contributed by atoms with Gasteiger partial charge in [-0.15, -0.1) is 0 Å². The fourth-order valence-electron chi connectivity index (χ4n) is 3.61. The molecule has 0 spiro atoms. The van der Waals surface area contributed by atoms with Crippen LogP contribution in [0.1, 0.15) is 51.2 Å². The fraction of sp³-hybridized carbons (Fsp3) is 0.700. The van der Waals surface area contributed by atoms with Gasteiger partial charge < -0.3 is 24.1 Å². The number of hydrogen-bond donors (Lipinski definition) is 1. The Hall–Kier alpha value is -0.900. The molecule has 2 aliphatic rings. The van der Waals surface area contributed by atoms with Gasteiger partial charge in [-0.25, -0.2) is 0 Å². The maximum Gasteiger partial charge on any atom is 0.416 e. The molecule has 2 fully saturated rings. The molecule has 2 heterocycles. The van der Waals surface area contributed by atoms with Crippen LogP contribution >= 0.6 is 11.6 Å². The highest BCUT2D eigenvalue weighted by molar-refractivity contribution is 6.31. The quantitative estimate of drug-likeness (QED) is 0.670. The van der Waals surface area contributed by atoms with E-state index in [1.54, 1.807) is 13.8 Å². The molecule has 2 saturated heterocycles. The molecular weight excluding hydrogens is 413 g/mol. The van der Waals surface area contributed by atoms with Crippen LogP contribution in [0.15, 0.2) is 18.2 Å². The van der Waals surface area contributed by atoms with Crippen molar-refractivity contribution in [2.24, 2.45) is 0 Å². The van der Waals surface area contributed by atoms with Crippen LogP contribution in [0.25, 0.3) is 0 Å². The normalized spacial score (nSPS) is 29.8. The van der Waals surface area contributed by atoms with Gasteiger partial charge in [0.15, 0.2) is 12.1 Å². The Kier molecular flexibility index (Phi) is 6.82. The predicted molar refractivity (Wildman–Crippen MR) is 99.3 cm³/mol. The Morgan fingerprint density at radius 1 is 1.28 bits per heavy atom. The average Bonchev–Trinajstić information content (AvgIpc) is 3.09. The second-order valence-corrected chi connectivity index (χ2v) is 8.27. The smallest absolute Gasteiger partial charge is 0.390 e. The maximum atomic E-state index is 12.8. The number of aliphatic hydroxyl groups excluding tert-OH is 1. The highest BCUT2D eigenvalue weighted by Gasteiger charge is 2.56. The van der Waals surface area contributed by atoms with Crippen molar-refractivity contribution in [3.05, 3.63) is 34.3 Å². The largest absolute Gasteiger partial charge is 0.416 e. The first-order chi connectivity index (χ1) is 13.5. The standard InChI is InChI=1S/C20H26ClF3O5/c1-4-5-6-14(25)15-16(17-18(27-15)29-19(2,3)28-17)26-10-11-7-8-12(9-13(11)21)20(22,23)24/h7-9,14-18,25H,4-6,10H2,1-3H3/t14-,15+,16-,17+,18+/m0/s1. The molecule has 0 aliphatic carbocycles. The lowest BCUT2D eigenvalue weighted by Crippen LogP contribution is -2.42. The van der Waals surface area contributed by atoms with Gasteiger partial charge in [0.05, 0.1) is 18.3 Å². The first-order valence-corrected chi connectivity index (χ1v) is 10.1. The third kappa shape index (κ3) is 5.24. The van der Waals surface area contributed by atoms with Crippen LogP contribution in [0, 0.1) is 0 Å². The first kappa shape index (κ1) is 22.8. The predicted octanol–water partition coefficient (Wildman–Crippen LogP) is 4.67. The second kappa shape index (κ2) is 8.69. The van der Waals surface area contributed by atoms with E-state index in [0.717, 1.165) is 25.0 Å². The second-order valence-electron chi connectivity index (χ2n) is 7.86. The summed E-state index contributed by atoms with van der Waals surface area (Å²) in [6.07, 6.45) is -5.52. The van der Waals surface area contributed by atoms with E-state index in [9.17, 15) is 18.3 Å². The van der Waals surface area contributed by atoms with Gasteiger partial charge in [-0.05, 0) is 38.0 Å². The van der Waals surface area contributed by atoms with Gasteiger partial charge >= 0.3 is 6.18 Å². The Labute approximate surface area is 173 Å². The van der Waals surface area contributed by atoms with Gasteiger partial charge in [-0.1, -0.05) is 37.4 Å². The number of unbranched alkanes of at least 4 members (excludes halogenated alkanes) is 1. The van der Waals surface area contributed by atoms with Crippen molar-refractivity contribution in [1.29, 1.82) is 0 Å². The van der Waals surface area contributed by atoms with Crippen molar-refractivity contribution in [3.8, 4) is 0 Å². The number of ether oxygens (including phenoxy) is 4. The number of rotatable bonds is 7. The van der Waals surface area contributed by atoms with E-state index in [-0.39, 0.29) is 11.6 Å². The number of fused-ring (bicyclic) bond motifs is 1. The first-order valence-electron chi connectivity index (χ1n) is 9.68. The van der Waals surface area contributed by atoms with E-state index in [1.165, 1.54) is 6.07 Å². The van der Waals surface area contributed by atoms with E-state index >= 15 is 0 Å². The van der Waals surface area contributed by atoms with Crippen molar-refractivity contribution in [2.45, 2.75) is 89.3 Å². The van der Waals surface area contributed by atoms with Crippen LogP contribution in [-0.4, -0.2) is 41.6 Å². The van der Waals surface area contributed by atoms with Gasteiger partial charge in [0.25, 0.3) is 0 Å². The molecule has 1 N–H and O–H groups in total. The van der Waals surface area contributed by atoms with Crippen LogP contribution in [0.4, 0.5) is 13.2 Å². The maximum absolute atomic E-state index is 12.8. The molecular formula is C20H26ClF3O5. The zero-order chi connectivity index (χ0) is 21.4. The number of hydrogen-bond acceptors (Lipinski definition) is 5. The molecule has 0 unspecified atom stereocenters. The third-order valence-corrected chi connectivity index (χ3v) is 5.42. The van der Waals surface area contributed by atoms with E-state index in [0.29, 0.717) is 12.0 Å². The number of halogens is 4. The van der Waals surface area contributed by atoms with Crippen molar-refractivity contribution in [1.82, 2.24) is 0 Å². The van der Waals surface area contributed by atoms with Gasteiger partial charge in [-0.3, -0.25) is 0 Å². The average molecular weight is 439 g/mol. The van der Waals surface area contributed by atoms with Crippen LogP contribution in [-0.2, 0) is 31.7 Å². The Morgan fingerprint density at radius 2 is 2.00 bits per heavy atom. The zero-order valence-corrected chi connectivity index (χ0v) is 17.3. The SMILES string of the molecule is CCCC[C@H](O)[C@H]1O[C@@H]2OC(C)(C)O[C@@H]2[C@H]1OCc1ccc(C(F)(F)F)cc1Cl. The Morgan fingerprint density at radius 3 is 2.62 bits per heavy atom. The van der Waals surface area contributed by atoms with Crippen molar-refractivity contribution >= 4 is 11.6 Å². The summed E-state index contributed by atoms with van der Waals surface area (Å²) in [6, 6.07) is 3.13. The molecule has 0 amide bonds. The summed E-state index contributed by atoms with van der Waals surface area (Å²) >= 11 is 6.03. The van der Waals surface area contributed by atoms with Crippen LogP contribution in [0.3, 0.4) is 0 Å². The lowest BCUT2D eigenvalue weighted by molar-refractivity contribution is -0.230. The molecule has 9 heteroatoms. The van der Waals surface area contributed by atoms with E-state index in [2.05, 4.69) is 0 Å². The van der Waals surface area contributed by atoms with Crippen molar-refractivity contribution < 1.29 is 37.2 Å². The zero-order valence-electron chi connectivity index (χ0n) is 16.5. The van der Waals surface area contributed by atoms with Crippen LogP contribution in [0.2, 0.25) is 5.02 Å². The summed E-state index contributed by atoms with van der Waals surface area (Å²) in [5.74, 6) is -0.859. The van der Waals surface area contributed by atoms with Crippen molar-refractivity contribution in [2.75, 3.05) is 0 Å². The van der Waals surface area contributed by atoms with E-state index in [4.69, 9.17) is 30.5 Å². The summed E-state index contributed by atoms with van der Waals surface area (Å²) in [5.41, 5.74) is -0.416. The van der Waals surface area contributed by atoms with Gasteiger partial charge in [-0.2, -0.15) is 13.2 Å². The minimum Gasteiger partial charge on any atom is -0.390 e. The molecule has 29 heavy (non-hydrogen) atoms. The summed E-state index contributed by atoms with van der Waals surface area (Å²) < 4.78 is 61.9. The van der Waals surface area contributed by atoms with Crippen LogP contribution < -0.4 is 0 Å². The molecule has 1 aromatic rings. The fourth-order valence-corrected chi connectivity index (χ4v) is 3.84. The molecule has 5 nitrogen and oxygen atoms in total. The minimum atomic E-state index is -4.47. The Balaban J connectivity index is 1.73. The van der Waals surface area contributed by atoms with Gasteiger partial charge in [0.1, 0.15) is 18.3 Å². The summed E-state index contributed by atoms with van der Waals surface area (Å²) in [7, 11) is 0. The summed E-state index contributed by atoms with van der Waals surface area (Å²) in [4.78, 5) is 0. The Bertz CT molecular complexity index is 712. The molecule has 0 radical (unpaired) electrons. The molecule has 0 bridgehead atoms. The van der Waals surface area contributed by atoms with E-state index in [1.807, 2.05) is 6.92 Å². The molecule has 164 valence electrons. The van der Waals surface area contributed by atoms with Gasteiger partial charge in [0.2, 0.25) is 0 Å². The topological polar surface area (TPSA) is 57.2 Å². The van der Waals surface area contributed by atoms with Gasteiger partial charge in [0, 0.05) is 5.02 Å². The monoisotopic (exact) mass is 438 g/mol. The lowest BCUT2D eigenvalue weighted by Gasteiger charge is -2.28. The highest BCUT2D eigenvalue weighted by atomic mass is 35.5. The molecule has 5 atom stereocenters. The highest BCUT2D eigenvalue weighted by Crippen LogP contribution is 2.41. The van der Waals surface area contributed by atoms with Crippen LogP contribution in [0.5, 0.6) is 0 Å². The number of aliphatic hydroxyl groups is 1. The number of benzene rings is 1.